The Balaban J connectivity index is 2.26. The van der Waals surface area contributed by atoms with E-state index in [1.807, 2.05) is 30.3 Å². The smallest absolute Gasteiger partial charge is 0.312 e. The van der Waals surface area contributed by atoms with Crippen LogP contribution in [0.2, 0.25) is 0 Å². The van der Waals surface area contributed by atoms with Gasteiger partial charge < -0.3 is 16.4 Å². The Kier molecular flexibility index (Phi) is 6.24. The fraction of sp³-hybridized carbons (Fsp3) is 0.250. The number of carbonyl (C=O) groups is 2. The highest BCUT2D eigenvalue weighted by Crippen LogP contribution is 1.96. The fourth-order valence-corrected chi connectivity index (χ4v) is 1.45. The van der Waals surface area contributed by atoms with Crippen molar-refractivity contribution >= 4 is 29.3 Å². The van der Waals surface area contributed by atoms with E-state index in [4.69, 9.17) is 18.0 Å². The Bertz CT molecular complexity index is 480. The van der Waals surface area contributed by atoms with Gasteiger partial charge in [-0.1, -0.05) is 30.3 Å². The van der Waals surface area contributed by atoms with Gasteiger partial charge in [-0.05, 0) is 24.7 Å². The highest BCUT2D eigenvalue weighted by molar-refractivity contribution is 7.80. The monoisotopic (exact) mass is 295 g/mol. The number of hydrazine groups is 1. The maximum atomic E-state index is 11.5. The predicted molar refractivity (Wildman–Crippen MR) is 79.3 cm³/mol. The molecule has 1 unspecified atom stereocenters. The predicted octanol–water partition coefficient (Wildman–Crippen LogP) is -0.261. The molecule has 0 aromatic heterocycles. The summed E-state index contributed by atoms with van der Waals surface area (Å²) < 4.78 is 0. The lowest BCUT2D eigenvalue weighted by Gasteiger charge is -2.15. The van der Waals surface area contributed by atoms with Crippen LogP contribution in [0.3, 0.4) is 0 Å². The van der Waals surface area contributed by atoms with Gasteiger partial charge in [0.1, 0.15) is 6.04 Å². The minimum atomic E-state index is -0.766. The van der Waals surface area contributed by atoms with Crippen molar-refractivity contribution < 1.29 is 9.59 Å². The summed E-state index contributed by atoms with van der Waals surface area (Å²) in [5, 5.41) is 5.45. The molecule has 0 saturated heterocycles. The number of benzene rings is 1. The Hall–Kier alpha value is -2.35. The van der Waals surface area contributed by atoms with E-state index < -0.39 is 18.0 Å². The maximum Gasteiger partial charge on any atom is 0.312 e. The molecule has 0 fully saturated rings. The molecular weight excluding hydrogens is 278 g/mol. The Morgan fingerprint density at radius 2 is 1.90 bits per heavy atom. The number of hydrogen-bond donors (Lipinski definition) is 5. The summed E-state index contributed by atoms with van der Waals surface area (Å²) in [7, 11) is 0. The highest BCUT2D eigenvalue weighted by atomic mass is 32.1. The molecule has 0 saturated carbocycles. The van der Waals surface area contributed by atoms with Gasteiger partial charge in [0.15, 0.2) is 5.11 Å². The van der Waals surface area contributed by atoms with Crippen LogP contribution >= 0.6 is 12.2 Å². The molecule has 6 N–H and O–H groups in total. The van der Waals surface area contributed by atoms with E-state index in [-0.39, 0.29) is 5.11 Å². The largest absolute Gasteiger partial charge is 0.357 e. The number of carbonyl (C=O) groups excluding carboxylic acids is 2. The molecule has 0 aliphatic heterocycles. The van der Waals surface area contributed by atoms with Crippen LogP contribution in [0, 0.1) is 0 Å². The van der Waals surface area contributed by atoms with Crippen molar-refractivity contribution in [3.8, 4) is 0 Å². The van der Waals surface area contributed by atoms with Crippen LogP contribution in [0.5, 0.6) is 0 Å². The van der Waals surface area contributed by atoms with E-state index in [0.717, 1.165) is 5.56 Å². The van der Waals surface area contributed by atoms with Crippen molar-refractivity contribution in [3.63, 3.8) is 0 Å². The van der Waals surface area contributed by atoms with Gasteiger partial charge in [-0.25, -0.2) is 4.79 Å². The first-order chi connectivity index (χ1) is 9.49. The normalized spacial score (nSPS) is 11.1. The molecule has 3 amide bonds. The average Bonchev–Trinajstić information content (AvgIpc) is 2.42. The summed E-state index contributed by atoms with van der Waals surface area (Å²) in [4.78, 5) is 22.1. The molecule has 1 atom stereocenters. The van der Waals surface area contributed by atoms with E-state index in [0.29, 0.717) is 6.54 Å². The maximum absolute atomic E-state index is 11.5. The summed E-state index contributed by atoms with van der Waals surface area (Å²) >= 11 is 5.00. The second-order valence-electron chi connectivity index (χ2n) is 4.01. The molecular formula is C12H17N5O2S. The molecule has 1 rings (SSSR count). The lowest BCUT2D eigenvalue weighted by Crippen LogP contribution is -2.53. The van der Waals surface area contributed by atoms with Gasteiger partial charge in [0.2, 0.25) is 0 Å². The van der Waals surface area contributed by atoms with Crippen molar-refractivity contribution in [3.05, 3.63) is 35.9 Å². The highest BCUT2D eigenvalue weighted by Gasteiger charge is 2.13. The molecule has 0 radical (unpaired) electrons. The minimum Gasteiger partial charge on any atom is -0.357 e. The Morgan fingerprint density at radius 1 is 1.25 bits per heavy atom. The molecule has 0 aliphatic rings. The van der Waals surface area contributed by atoms with Gasteiger partial charge in [0.25, 0.3) is 5.91 Å². The van der Waals surface area contributed by atoms with Crippen LogP contribution in [0.4, 0.5) is 4.79 Å². The van der Waals surface area contributed by atoms with Crippen molar-refractivity contribution in [2.75, 3.05) is 0 Å². The first kappa shape index (κ1) is 15.7. The summed E-state index contributed by atoms with van der Waals surface area (Å²) in [6, 6.07) is 8.15. The van der Waals surface area contributed by atoms with Crippen molar-refractivity contribution in [2.45, 2.75) is 19.5 Å². The quantitative estimate of drug-likeness (QED) is 0.388. The number of primary amides is 1. The van der Waals surface area contributed by atoms with Crippen molar-refractivity contribution in [1.82, 2.24) is 21.5 Å². The summed E-state index contributed by atoms with van der Waals surface area (Å²) in [5.41, 5.74) is 10.9. The molecule has 0 bridgehead atoms. The number of thiocarbonyl (C=S) groups is 1. The van der Waals surface area contributed by atoms with E-state index in [1.165, 1.54) is 6.92 Å². The third-order valence-corrected chi connectivity index (χ3v) is 2.59. The SMILES string of the molecule is CC(NC(N)=O)C(=O)NNC(=S)NCc1ccccc1. The molecule has 7 nitrogen and oxygen atoms in total. The number of rotatable bonds is 4. The van der Waals surface area contributed by atoms with Crippen LogP contribution in [0.15, 0.2) is 30.3 Å². The van der Waals surface area contributed by atoms with Gasteiger partial charge >= 0.3 is 6.03 Å². The van der Waals surface area contributed by atoms with E-state index >= 15 is 0 Å². The number of nitrogens with two attached hydrogens (primary N) is 1. The van der Waals surface area contributed by atoms with Crippen LogP contribution in [-0.4, -0.2) is 23.1 Å². The topological polar surface area (TPSA) is 108 Å². The van der Waals surface area contributed by atoms with Crippen LogP contribution in [0.25, 0.3) is 0 Å². The Morgan fingerprint density at radius 3 is 2.50 bits per heavy atom. The number of nitrogens with one attached hydrogen (secondary N) is 4. The lowest BCUT2D eigenvalue weighted by atomic mass is 10.2. The lowest BCUT2D eigenvalue weighted by molar-refractivity contribution is -0.123. The Labute approximate surface area is 122 Å². The summed E-state index contributed by atoms with van der Waals surface area (Å²) in [6.07, 6.45) is 0. The molecule has 0 heterocycles. The molecule has 108 valence electrons. The molecule has 1 aromatic carbocycles. The standard InChI is InChI=1S/C12H17N5O2S/c1-8(15-11(13)19)10(18)16-17-12(20)14-7-9-5-3-2-4-6-9/h2-6,8H,7H2,1H3,(H,16,18)(H3,13,15,19)(H2,14,17,20). The fourth-order valence-electron chi connectivity index (χ4n) is 1.33. The zero-order chi connectivity index (χ0) is 15.0. The van der Waals surface area contributed by atoms with Crippen molar-refractivity contribution in [1.29, 1.82) is 0 Å². The molecule has 0 aliphatic carbocycles. The third-order valence-electron chi connectivity index (χ3n) is 2.35. The average molecular weight is 295 g/mol. The summed E-state index contributed by atoms with van der Waals surface area (Å²) in [6.45, 7) is 2.04. The number of amides is 3. The van der Waals surface area contributed by atoms with Crippen molar-refractivity contribution in [2.24, 2.45) is 5.73 Å². The zero-order valence-corrected chi connectivity index (χ0v) is 11.8. The van der Waals surface area contributed by atoms with Crippen LogP contribution in [0.1, 0.15) is 12.5 Å². The first-order valence-corrected chi connectivity index (χ1v) is 6.33. The molecule has 20 heavy (non-hydrogen) atoms. The molecule has 1 aromatic rings. The van der Waals surface area contributed by atoms with Crippen LogP contribution < -0.4 is 27.2 Å². The van der Waals surface area contributed by atoms with Gasteiger partial charge in [-0.15, -0.1) is 0 Å². The van der Waals surface area contributed by atoms with E-state index in [1.54, 1.807) is 0 Å². The molecule has 8 heteroatoms. The van der Waals surface area contributed by atoms with Crippen LogP contribution in [-0.2, 0) is 11.3 Å². The van der Waals surface area contributed by atoms with E-state index in [2.05, 4.69) is 21.5 Å². The van der Waals surface area contributed by atoms with Gasteiger partial charge in [-0.2, -0.15) is 0 Å². The number of hydrogen-bond acceptors (Lipinski definition) is 3. The zero-order valence-electron chi connectivity index (χ0n) is 11.0. The number of urea groups is 1. The van der Waals surface area contributed by atoms with Gasteiger partial charge in [0.05, 0.1) is 0 Å². The second kappa shape index (κ2) is 7.95. The molecule has 0 spiro atoms. The van der Waals surface area contributed by atoms with Gasteiger partial charge in [0, 0.05) is 6.54 Å². The third kappa shape index (κ3) is 6.01. The second-order valence-corrected chi connectivity index (χ2v) is 4.42. The van der Waals surface area contributed by atoms with E-state index in [9.17, 15) is 9.59 Å². The van der Waals surface area contributed by atoms with Gasteiger partial charge in [-0.3, -0.25) is 15.6 Å². The summed E-state index contributed by atoms with van der Waals surface area (Å²) in [5.74, 6) is -0.451. The minimum absolute atomic E-state index is 0.272. The first-order valence-electron chi connectivity index (χ1n) is 5.92.